The van der Waals surface area contributed by atoms with Gasteiger partial charge in [-0.25, -0.2) is 0 Å². The van der Waals surface area contributed by atoms with Crippen molar-refractivity contribution in [3.05, 3.63) is 53.9 Å². The van der Waals surface area contributed by atoms with E-state index >= 15 is 0 Å². The normalized spacial score (nSPS) is 13.3. The Balaban J connectivity index is 1.98. The molecule has 6 heteroatoms. The van der Waals surface area contributed by atoms with Crippen LogP contribution in [-0.4, -0.2) is 27.4 Å². The second-order valence-electron chi connectivity index (χ2n) is 4.91. The van der Waals surface area contributed by atoms with Crippen molar-refractivity contribution in [2.75, 3.05) is 6.54 Å². The predicted molar refractivity (Wildman–Crippen MR) is 82.1 cm³/mol. The molecular formula is C15H21N5O. The third-order valence-electron chi connectivity index (χ3n) is 3.44. The third kappa shape index (κ3) is 4.32. The monoisotopic (exact) mass is 287 g/mol. The third-order valence-corrected chi connectivity index (χ3v) is 3.44. The molecule has 1 aromatic carbocycles. The molecule has 0 saturated carbocycles. The maximum absolute atomic E-state index is 8.77. The number of amidine groups is 1. The molecule has 1 heterocycles. The van der Waals surface area contributed by atoms with Crippen LogP contribution in [0.1, 0.15) is 23.7 Å². The van der Waals surface area contributed by atoms with Crippen molar-refractivity contribution >= 4 is 5.84 Å². The van der Waals surface area contributed by atoms with E-state index in [2.05, 4.69) is 15.6 Å². The number of nitrogens with two attached hydrogens (primary N) is 1. The number of benzene rings is 1. The lowest BCUT2D eigenvalue weighted by Crippen LogP contribution is -2.28. The highest BCUT2D eigenvalue weighted by Gasteiger charge is 2.13. The summed E-state index contributed by atoms with van der Waals surface area (Å²) in [6.45, 7) is 0.789. The summed E-state index contributed by atoms with van der Waals surface area (Å²) in [5.41, 5.74) is 7.93. The highest BCUT2D eigenvalue weighted by Crippen LogP contribution is 2.16. The van der Waals surface area contributed by atoms with Gasteiger partial charge in [-0.05, 0) is 11.6 Å². The zero-order valence-corrected chi connectivity index (χ0v) is 12.1. The molecule has 0 bridgehead atoms. The summed E-state index contributed by atoms with van der Waals surface area (Å²) < 4.78 is 1.86. The van der Waals surface area contributed by atoms with Gasteiger partial charge >= 0.3 is 0 Å². The van der Waals surface area contributed by atoms with E-state index in [0.717, 1.165) is 24.2 Å². The minimum atomic E-state index is 0.0235. The van der Waals surface area contributed by atoms with Crippen molar-refractivity contribution < 1.29 is 5.21 Å². The molecule has 6 nitrogen and oxygen atoms in total. The minimum absolute atomic E-state index is 0.0235. The summed E-state index contributed by atoms with van der Waals surface area (Å²) in [6.07, 6.45) is 3.13. The summed E-state index contributed by atoms with van der Waals surface area (Å²) in [4.78, 5) is 0. The molecule has 0 aliphatic heterocycles. The van der Waals surface area contributed by atoms with Gasteiger partial charge in [-0.15, -0.1) is 0 Å². The smallest absolute Gasteiger partial charge is 0.141 e. The van der Waals surface area contributed by atoms with Crippen LogP contribution in [0.2, 0.25) is 0 Å². The second-order valence-corrected chi connectivity index (χ2v) is 4.91. The molecule has 4 N–H and O–H groups in total. The topological polar surface area (TPSA) is 88.5 Å². The molecule has 112 valence electrons. The Labute approximate surface area is 124 Å². The number of aryl methyl sites for hydroxylation is 1. The van der Waals surface area contributed by atoms with E-state index in [0.29, 0.717) is 6.42 Å². The van der Waals surface area contributed by atoms with E-state index in [1.165, 1.54) is 0 Å². The molecule has 0 radical (unpaired) electrons. The Morgan fingerprint density at radius 1 is 1.38 bits per heavy atom. The predicted octanol–water partition coefficient (Wildman–Crippen LogP) is 1.43. The van der Waals surface area contributed by atoms with E-state index in [9.17, 15) is 0 Å². The lowest BCUT2D eigenvalue weighted by molar-refractivity contribution is 0.315. The van der Waals surface area contributed by atoms with Crippen molar-refractivity contribution in [2.24, 2.45) is 17.9 Å². The zero-order valence-electron chi connectivity index (χ0n) is 12.1. The van der Waals surface area contributed by atoms with Crippen LogP contribution in [0, 0.1) is 0 Å². The van der Waals surface area contributed by atoms with Crippen LogP contribution in [0.25, 0.3) is 0 Å². The fraction of sp³-hybridized carbons (Fsp3) is 0.333. The average Bonchev–Trinajstić information content (AvgIpc) is 2.92. The molecule has 0 fully saturated rings. The number of hydrogen-bond acceptors (Lipinski definition) is 4. The lowest BCUT2D eigenvalue weighted by Gasteiger charge is -2.18. The zero-order chi connectivity index (χ0) is 15.1. The first kappa shape index (κ1) is 15.1. The molecule has 2 rings (SSSR count). The number of nitrogens with one attached hydrogen (secondary N) is 1. The van der Waals surface area contributed by atoms with Crippen LogP contribution in [0.5, 0.6) is 0 Å². The molecule has 2 aromatic rings. The van der Waals surface area contributed by atoms with Gasteiger partial charge in [0.25, 0.3) is 0 Å². The first-order valence-corrected chi connectivity index (χ1v) is 6.92. The van der Waals surface area contributed by atoms with Gasteiger partial charge in [0.1, 0.15) is 5.84 Å². The number of nitrogens with zero attached hydrogens (tertiary/aromatic N) is 3. The van der Waals surface area contributed by atoms with Crippen LogP contribution in [0.3, 0.4) is 0 Å². The Bertz CT molecular complexity index is 579. The Kier molecular flexibility index (Phi) is 5.34. The fourth-order valence-electron chi connectivity index (χ4n) is 2.26. The van der Waals surface area contributed by atoms with E-state index in [-0.39, 0.29) is 11.9 Å². The van der Waals surface area contributed by atoms with Crippen molar-refractivity contribution in [3.8, 4) is 0 Å². The van der Waals surface area contributed by atoms with E-state index in [4.69, 9.17) is 10.9 Å². The van der Waals surface area contributed by atoms with Crippen molar-refractivity contribution in [3.63, 3.8) is 0 Å². The quantitative estimate of drug-likeness (QED) is 0.311. The van der Waals surface area contributed by atoms with Gasteiger partial charge in [0.2, 0.25) is 0 Å². The van der Waals surface area contributed by atoms with Gasteiger partial charge in [0, 0.05) is 44.4 Å². The second kappa shape index (κ2) is 7.44. The first-order valence-electron chi connectivity index (χ1n) is 6.92. The average molecular weight is 287 g/mol. The van der Waals surface area contributed by atoms with Gasteiger partial charge in [0.05, 0.1) is 0 Å². The molecule has 1 aromatic heterocycles. The maximum Gasteiger partial charge on any atom is 0.141 e. The molecule has 1 atom stereocenters. The summed E-state index contributed by atoms with van der Waals surface area (Å²) in [7, 11) is 1.93. The van der Waals surface area contributed by atoms with E-state index < -0.39 is 0 Å². The van der Waals surface area contributed by atoms with Crippen LogP contribution < -0.4 is 11.1 Å². The Morgan fingerprint density at radius 2 is 2.14 bits per heavy atom. The molecule has 0 aliphatic rings. The molecular weight excluding hydrogens is 266 g/mol. The van der Waals surface area contributed by atoms with Crippen LogP contribution in [0.15, 0.2) is 47.8 Å². The molecule has 0 aliphatic carbocycles. The largest absolute Gasteiger partial charge is 0.409 e. The number of rotatable bonds is 7. The number of hydrogen-bond donors (Lipinski definition) is 3. The summed E-state index contributed by atoms with van der Waals surface area (Å²) in [6, 6.07) is 12.0. The standard InChI is InChI=1S/C15H21N5O/c1-20-13(8-10-18-20)7-9-17-14(11-15(16)19-21)12-5-3-2-4-6-12/h2-6,8,10,14,17,21H,7,9,11H2,1H3,(H2,16,19). The highest BCUT2D eigenvalue weighted by molar-refractivity contribution is 5.80. The SMILES string of the molecule is Cn1nccc1CCNC(C/C(N)=N/O)c1ccccc1. The summed E-state index contributed by atoms with van der Waals surface area (Å²) in [5.74, 6) is 0.219. The van der Waals surface area contributed by atoms with Crippen molar-refractivity contribution in [1.82, 2.24) is 15.1 Å². The van der Waals surface area contributed by atoms with Crippen LogP contribution in [-0.2, 0) is 13.5 Å². The van der Waals surface area contributed by atoms with Gasteiger partial charge in [-0.1, -0.05) is 35.5 Å². The van der Waals surface area contributed by atoms with Gasteiger partial charge < -0.3 is 16.3 Å². The fourth-order valence-corrected chi connectivity index (χ4v) is 2.26. The van der Waals surface area contributed by atoms with Gasteiger partial charge in [-0.2, -0.15) is 5.10 Å². The Hall–Kier alpha value is -2.34. The van der Waals surface area contributed by atoms with E-state index in [1.807, 2.05) is 48.1 Å². The van der Waals surface area contributed by atoms with Crippen LogP contribution >= 0.6 is 0 Å². The highest BCUT2D eigenvalue weighted by atomic mass is 16.4. The summed E-state index contributed by atoms with van der Waals surface area (Å²) in [5, 5.41) is 19.4. The van der Waals surface area contributed by atoms with Crippen molar-refractivity contribution in [1.29, 1.82) is 0 Å². The number of oxime groups is 1. The summed E-state index contributed by atoms with van der Waals surface area (Å²) >= 11 is 0. The maximum atomic E-state index is 8.77. The molecule has 0 amide bonds. The minimum Gasteiger partial charge on any atom is -0.409 e. The first-order chi connectivity index (χ1) is 10.2. The van der Waals surface area contributed by atoms with E-state index in [1.54, 1.807) is 6.20 Å². The van der Waals surface area contributed by atoms with Crippen molar-refractivity contribution in [2.45, 2.75) is 18.9 Å². The molecule has 21 heavy (non-hydrogen) atoms. The molecule has 0 spiro atoms. The van der Waals surface area contributed by atoms with Gasteiger partial charge in [-0.3, -0.25) is 4.68 Å². The van der Waals surface area contributed by atoms with Crippen LogP contribution in [0.4, 0.5) is 0 Å². The number of aromatic nitrogens is 2. The molecule has 0 saturated heterocycles. The lowest BCUT2D eigenvalue weighted by atomic mass is 10.0. The molecule has 1 unspecified atom stereocenters. The van der Waals surface area contributed by atoms with Gasteiger partial charge in [0.15, 0.2) is 0 Å². The Morgan fingerprint density at radius 3 is 2.76 bits per heavy atom.